The van der Waals surface area contributed by atoms with Crippen molar-refractivity contribution in [1.82, 2.24) is 0 Å². The van der Waals surface area contributed by atoms with E-state index in [-0.39, 0.29) is 0 Å². The largest absolute Gasteiger partial charge is 0.478 e. The summed E-state index contributed by atoms with van der Waals surface area (Å²) in [6.07, 6.45) is 1.95. The second-order valence-corrected chi connectivity index (χ2v) is 4.32. The van der Waals surface area contributed by atoms with E-state index in [0.717, 1.165) is 15.8 Å². The molecule has 70 valence electrons. The molecule has 0 saturated heterocycles. The van der Waals surface area contributed by atoms with Crippen LogP contribution in [0.15, 0.2) is 22.7 Å². The van der Waals surface area contributed by atoms with Gasteiger partial charge in [0.2, 0.25) is 0 Å². The Morgan fingerprint density at radius 2 is 2.31 bits per heavy atom. The monoisotopic (exact) mass is 260 g/mol. The lowest BCUT2D eigenvalue weighted by molar-refractivity contribution is 0.0696. The van der Waals surface area contributed by atoms with E-state index in [1.165, 1.54) is 0 Å². The third kappa shape index (κ3) is 2.74. The molecule has 0 heterocycles. The number of rotatable bonds is 3. The fraction of sp³-hybridized carbons (Fsp3) is 0.222. The van der Waals surface area contributed by atoms with Crippen molar-refractivity contribution in [2.75, 3.05) is 6.26 Å². The number of hydrogen-bond acceptors (Lipinski definition) is 2. The Kier molecular flexibility index (Phi) is 3.81. The van der Waals surface area contributed by atoms with Gasteiger partial charge in [-0.15, -0.1) is 0 Å². The number of carboxylic acids is 1. The normalized spacial score (nSPS) is 10.0. The van der Waals surface area contributed by atoms with Gasteiger partial charge >= 0.3 is 5.97 Å². The molecule has 0 aliphatic rings. The zero-order valence-electron chi connectivity index (χ0n) is 7.08. The summed E-state index contributed by atoms with van der Waals surface area (Å²) in [5.41, 5.74) is 1.24. The van der Waals surface area contributed by atoms with Crippen LogP contribution in [-0.2, 0) is 5.75 Å². The van der Waals surface area contributed by atoms with Crippen LogP contribution in [0.5, 0.6) is 0 Å². The summed E-state index contributed by atoms with van der Waals surface area (Å²) in [7, 11) is 0. The number of hydrogen-bond donors (Lipinski definition) is 1. The van der Waals surface area contributed by atoms with E-state index in [9.17, 15) is 4.79 Å². The van der Waals surface area contributed by atoms with Gasteiger partial charge in [0.05, 0.1) is 5.56 Å². The fourth-order valence-electron chi connectivity index (χ4n) is 1.03. The molecule has 1 rings (SSSR count). The van der Waals surface area contributed by atoms with E-state index in [0.29, 0.717) is 5.56 Å². The molecule has 0 aliphatic heterocycles. The molecule has 1 N–H and O–H groups in total. The Labute approximate surface area is 89.5 Å². The zero-order valence-corrected chi connectivity index (χ0v) is 9.48. The SMILES string of the molecule is CSCc1ccc(Br)cc1C(=O)O. The predicted octanol–water partition coefficient (Wildman–Crippen LogP) is 3.01. The summed E-state index contributed by atoms with van der Waals surface area (Å²) in [5.74, 6) is -0.139. The Balaban J connectivity index is 3.10. The highest BCUT2D eigenvalue weighted by Gasteiger charge is 2.09. The van der Waals surface area contributed by atoms with Crippen molar-refractivity contribution in [2.45, 2.75) is 5.75 Å². The standard InChI is InChI=1S/C9H9BrO2S/c1-13-5-6-2-3-7(10)4-8(6)9(11)12/h2-4H,5H2,1H3,(H,11,12). The molecular weight excluding hydrogens is 252 g/mol. The molecule has 13 heavy (non-hydrogen) atoms. The molecule has 0 aliphatic carbocycles. The number of thioether (sulfide) groups is 1. The average molecular weight is 261 g/mol. The highest BCUT2D eigenvalue weighted by Crippen LogP contribution is 2.19. The second-order valence-electron chi connectivity index (χ2n) is 2.54. The van der Waals surface area contributed by atoms with Gasteiger partial charge in [0.25, 0.3) is 0 Å². The van der Waals surface area contributed by atoms with E-state index in [4.69, 9.17) is 5.11 Å². The Hall–Kier alpha value is -0.480. The molecule has 0 aromatic heterocycles. The topological polar surface area (TPSA) is 37.3 Å². The first kappa shape index (κ1) is 10.6. The van der Waals surface area contributed by atoms with Crippen LogP contribution in [0, 0.1) is 0 Å². The average Bonchev–Trinajstić information content (AvgIpc) is 2.08. The van der Waals surface area contributed by atoms with Crippen molar-refractivity contribution in [2.24, 2.45) is 0 Å². The lowest BCUT2D eigenvalue weighted by Gasteiger charge is -2.04. The van der Waals surface area contributed by atoms with Crippen molar-refractivity contribution in [3.63, 3.8) is 0 Å². The van der Waals surface area contributed by atoms with Crippen LogP contribution >= 0.6 is 27.7 Å². The number of halogens is 1. The lowest BCUT2D eigenvalue weighted by atomic mass is 10.1. The predicted molar refractivity (Wildman–Crippen MR) is 58.3 cm³/mol. The van der Waals surface area contributed by atoms with Crippen LogP contribution < -0.4 is 0 Å². The van der Waals surface area contributed by atoms with Gasteiger partial charge in [-0.1, -0.05) is 22.0 Å². The number of carbonyl (C=O) groups is 1. The van der Waals surface area contributed by atoms with Gasteiger partial charge < -0.3 is 5.11 Å². The van der Waals surface area contributed by atoms with E-state index >= 15 is 0 Å². The smallest absolute Gasteiger partial charge is 0.336 e. The van der Waals surface area contributed by atoms with E-state index in [2.05, 4.69) is 15.9 Å². The first-order valence-electron chi connectivity index (χ1n) is 3.66. The summed E-state index contributed by atoms with van der Waals surface area (Å²) >= 11 is 4.86. The van der Waals surface area contributed by atoms with Gasteiger partial charge in [0.1, 0.15) is 0 Å². The third-order valence-corrected chi connectivity index (χ3v) is 2.70. The maximum atomic E-state index is 10.8. The summed E-state index contributed by atoms with van der Waals surface area (Å²) in [6.45, 7) is 0. The molecular formula is C9H9BrO2S. The van der Waals surface area contributed by atoms with Gasteiger partial charge in [-0.05, 0) is 24.0 Å². The summed E-state index contributed by atoms with van der Waals surface area (Å²) < 4.78 is 0.801. The molecule has 0 amide bonds. The summed E-state index contributed by atoms with van der Waals surface area (Å²) in [5, 5.41) is 8.89. The van der Waals surface area contributed by atoms with Gasteiger partial charge in [-0.3, -0.25) is 0 Å². The molecule has 0 saturated carbocycles. The highest BCUT2D eigenvalue weighted by atomic mass is 79.9. The Morgan fingerprint density at radius 1 is 1.62 bits per heavy atom. The molecule has 0 unspecified atom stereocenters. The van der Waals surface area contributed by atoms with Crippen LogP contribution in [0.2, 0.25) is 0 Å². The van der Waals surface area contributed by atoms with Gasteiger partial charge in [0.15, 0.2) is 0 Å². The Morgan fingerprint density at radius 3 is 2.85 bits per heavy atom. The van der Waals surface area contributed by atoms with E-state index < -0.39 is 5.97 Å². The molecule has 0 fully saturated rings. The number of carboxylic acid groups (broad SMARTS) is 1. The molecule has 0 atom stereocenters. The van der Waals surface area contributed by atoms with Crippen molar-refractivity contribution < 1.29 is 9.90 Å². The lowest BCUT2D eigenvalue weighted by Crippen LogP contribution is -2.01. The quantitative estimate of drug-likeness (QED) is 0.908. The molecule has 1 aromatic rings. The van der Waals surface area contributed by atoms with Crippen LogP contribution in [0.1, 0.15) is 15.9 Å². The molecule has 0 spiro atoms. The molecule has 1 aromatic carbocycles. The minimum Gasteiger partial charge on any atom is -0.478 e. The van der Waals surface area contributed by atoms with Crippen molar-refractivity contribution in [3.8, 4) is 0 Å². The van der Waals surface area contributed by atoms with Gasteiger partial charge in [0, 0.05) is 10.2 Å². The van der Waals surface area contributed by atoms with Crippen LogP contribution in [0.3, 0.4) is 0 Å². The summed E-state index contributed by atoms with van der Waals surface area (Å²) in [4.78, 5) is 10.8. The van der Waals surface area contributed by atoms with Crippen molar-refractivity contribution in [1.29, 1.82) is 0 Å². The first-order valence-corrected chi connectivity index (χ1v) is 5.84. The van der Waals surface area contributed by atoms with Crippen molar-refractivity contribution in [3.05, 3.63) is 33.8 Å². The van der Waals surface area contributed by atoms with Crippen molar-refractivity contribution >= 4 is 33.7 Å². The molecule has 4 heteroatoms. The van der Waals surface area contributed by atoms with Crippen LogP contribution in [0.4, 0.5) is 0 Å². The van der Waals surface area contributed by atoms with Crippen LogP contribution in [-0.4, -0.2) is 17.3 Å². The van der Waals surface area contributed by atoms with E-state index in [1.807, 2.05) is 18.4 Å². The van der Waals surface area contributed by atoms with Gasteiger partial charge in [-0.2, -0.15) is 11.8 Å². The van der Waals surface area contributed by atoms with Gasteiger partial charge in [-0.25, -0.2) is 4.79 Å². The van der Waals surface area contributed by atoms with E-state index in [1.54, 1.807) is 17.8 Å². The number of benzene rings is 1. The molecule has 2 nitrogen and oxygen atoms in total. The Bertz CT molecular complexity index is 325. The summed E-state index contributed by atoms with van der Waals surface area (Å²) in [6, 6.07) is 5.33. The zero-order chi connectivity index (χ0) is 9.84. The highest BCUT2D eigenvalue weighted by molar-refractivity contribution is 9.10. The minimum absolute atomic E-state index is 0.378. The number of aromatic carboxylic acids is 1. The first-order chi connectivity index (χ1) is 6.15. The van der Waals surface area contributed by atoms with Crippen LogP contribution in [0.25, 0.3) is 0 Å². The third-order valence-electron chi connectivity index (χ3n) is 1.60. The maximum absolute atomic E-state index is 10.8. The minimum atomic E-state index is -0.870. The second kappa shape index (κ2) is 4.67. The molecule has 0 radical (unpaired) electrons. The maximum Gasteiger partial charge on any atom is 0.336 e. The fourth-order valence-corrected chi connectivity index (χ4v) is 1.95. The molecule has 0 bridgehead atoms.